The van der Waals surface area contributed by atoms with Crippen molar-refractivity contribution in [2.24, 2.45) is 5.92 Å². The highest BCUT2D eigenvalue weighted by Crippen LogP contribution is 2.16. The first-order valence-corrected chi connectivity index (χ1v) is 8.18. The lowest BCUT2D eigenvalue weighted by Crippen LogP contribution is -2.43. The van der Waals surface area contributed by atoms with Crippen LogP contribution in [0.15, 0.2) is 0 Å². The molecule has 0 radical (unpaired) electrons. The van der Waals surface area contributed by atoms with Gasteiger partial charge in [0.1, 0.15) is 0 Å². The maximum atomic E-state index is 11.7. The van der Waals surface area contributed by atoms with Gasteiger partial charge in [-0.15, -0.1) is 0 Å². The number of nitrogens with zero attached hydrogens (tertiary/aromatic N) is 1. The first-order chi connectivity index (χ1) is 8.42. The lowest BCUT2D eigenvalue weighted by molar-refractivity contribution is 0.0850. The average molecular weight is 278 g/mol. The topological polar surface area (TPSA) is 75.7 Å². The quantitative estimate of drug-likeness (QED) is 0.807. The van der Waals surface area contributed by atoms with Crippen LogP contribution in [0.2, 0.25) is 0 Å². The van der Waals surface area contributed by atoms with Gasteiger partial charge in [-0.1, -0.05) is 6.92 Å². The molecule has 0 bridgehead atoms. The summed E-state index contributed by atoms with van der Waals surface area (Å²) in [6.45, 7) is 4.02. The highest BCUT2D eigenvalue weighted by Gasteiger charge is 2.24. The van der Waals surface area contributed by atoms with Crippen molar-refractivity contribution in [2.75, 3.05) is 32.5 Å². The van der Waals surface area contributed by atoms with E-state index in [-0.39, 0.29) is 12.0 Å². The highest BCUT2D eigenvalue weighted by molar-refractivity contribution is 7.88. The van der Waals surface area contributed by atoms with E-state index >= 15 is 0 Å². The van der Waals surface area contributed by atoms with Crippen molar-refractivity contribution in [3.8, 4) is 0 Å². The fourth-order valence-corrected chi connectivity index (χ4v) is 2.49. The van der Waals surface area contributed by atoms with Crippen molar-refractivity contribution >= 4 is 16.1 Å². The molecule has 1 amide bonds. The summed E-state index contributed by atoms with van der Waals surface area (Å²) < 4.78 is 29.6. The second-order valence-electron chi connectivity index (χ2n) is 4.69. The Kier molecular flexibility index (Phi) is 5.87. The van der Waals surface area contributed by atoms with Crippen LogP contribution in [0.5, 0.6) is 0 Å². The first kappa shape index (κ1) is 15.2. The van der Waals surface area contributed by atoms with Crippen molar-refractivity contribution in [2.45, 2.75) is 26.2 Å². The summed E-state index contributed by atoms with van der Waals surface area (Å²) >= 11 is 0. The van der Waals surface area contributed by atoms with Crippen molar-refractivity contribution in [1.29, 1.82) is 0 Å². The molecule has 18 heavy (non-hydrogen) atoms. The van der Waals surface area contributed by atoms with Crippen LogP contribution < -0.4 is 4.72 Å². The number of likely N-dealkylation sites (tertiary alicyclic amines) is 1. The van der Waals surface area contributed by atoms with Crippen molar-refractivity contribution in [1.82, 2.24) is 9.62 Å². The molecule has 0 aliphatic carbocycles. The predicted molar refractivity (Wildman–Crippen MR) is 68.8 cm³/mol. The number of hydrogen-bond acceptors (Lipinski definition) is 4. The third-order valence-electron chi connectivity index (χ3n) is 2.84. The van der Waals surface area contributed by atoms with Crippen LogP contribution in [0.1, 0.15) is 26.2 Å². The standard InChI is InChI=1S/C11H22N2O4S/c1-3-7-17-11(14)13-6-4-5-10(9-13)8-12-18(2,15)16/h10,12H,3-9H2,1-2H3. The molecule has 1 fully saturated rings. The summed E-state index contributed by atoms with van der Waals surface area (Å²) in [7, 11) is -3.16. The zero-order valence-corrected chi connectivity index (χ0v) is 11.8. The Morgan fingerprint density at radius 2 is 2.22 bits per heavy atom. The van der Waals surface area contributed by atoms with E-state index in [1.54, 1.807) is 4.90 Å². The summed E-state index contributed by atoms with van der Waals surface area (Å²) in [6.07, 6.45) is 3.47. The molecule has 1 heterocycles. The molecule has 0 saturated carbocycles. The first-order valence-electron chi connectivity index (χ1n) is 6.28. The molecule has 1 unspecified atom stereocenters. The molecule has 1 saturated heterocycles. The molecule has 1 N–H and O–H groups in total. The molecule has 0 spiro atoms. The average Bonchev–Trinajstić information content (AvgIpc) is 2.33. The Hall–Kier alpha value is -0.820. The molecule has 0 aromatic heterocycles. The van der Waals surface area contributed by atoms with Crippen molar-refractivity contribution < 1.29 is 17.9 Å². The maximum absolute atomic E-state index is 11.7. The van der Waals surface area contributed by atoms with Crippen LogP contribution >= 0.6 is 0 Å². The van der Waals surface area contributed by atoms with E-state index in [0.29, 0.717) is 26.2 Å². The summed E-state index contributed by atoms with van der Waals surface area (Å²) in [5.41, 5.74) is 0. The summed E-state index contributed by atoms with van der Waals surface area (Å²) in [4.78, 5) is 13.3. The molecular weight excluding hydrogens is 256 g/mol. The molecule has 1 atom stereocenters. The maximum Gasteiger partial charge on any atom is 0.409 e. The van der Waals surface area contributed by atoms with Crippen molar-refractivity contribution in [3.05, 3.63) is 0 Å². The van der Waals surface area contributed by atoms with Crippen LogP contribution in [-0.2, 0) is 14.8 Å². The minimum absolute atomic E-state index is 0.169. The smallest absolute Gasteiger partial charge is 0.409 e. The Morgan fingerprint density at radius 3 is 2.83 bits per heavy atom. The number of amides is 1. The third-order valence-corrected chi connectivity index (χ3v) is 3.53. The molecule has 0 aromatic carbocycles. The van der Waals surface area contributed by atoms with Crippen LogP contribution in [-0.4, -0.2) is 51.9 Å². The van der Waals surface area contributed by atoms with Crippen LogP contribution in [0.25, 0.3) is 0 Å². The largest absolute Gasteiger partial charge is 0.449 e. The van der Waals surface area contributed by atoms with E-state index in [4.69, 9.17) is 4.74 Å². The van der Waals surface area contributed by atoms with Crippen LogP contribution in [0.3, 0.4) is 0 Å². The molecule has 1 aliphatic rings. The van der Waals surface area contributed by atoms with Crippen molar-refractivity contribution in [3.63, 3.8) is 0 Å². The third kappa shape index (κ3) is 5.68. The Balaban J connectivity index is 2.38. The van der Waals surface area contributed by atoms with Gasteiger partial charge in [0, 0.05) is 19.6 Å². The molecule has 106 valence electrons. The predicted octanol–water partition coefficient (Wildman–Crippen LogP) is 0.794. The minimum atomic E-state index is -3.16. The Bertz CT molecular complexity index is 369. The van der Waals surface area contributed by atoms with Gasteiger partial charge in [-0.3, -0.25) is 0 Å². The molecular formula is C11H22N2O4S. The summed E-state index contributed by atoms with van der Waals surface area (Å²) in [5.74, 6) is 0.169. The number of carbonyl (C=O) groups excluding carboxylic acids is 1. The van der Waals surface area contributed by atoms with E-state index in [0.717, 1.165) is 25.5 Å². The minimum Gasteiger partial charge on any atom is -0.449 e. The molecule has 6 nitrogen and oxygen atoms in total. The number of carbonyl (C=O) groups is 1. The number of piperidine rings is 1. The van der Waals surface area contributed by atoms with Gasteiger partial charge in [0.25, 0.3) is 0 Å². The van der Waals surface area contributed by atoms with Gasteiger partial charge in [0.2, 0.25) is 10.0 Å². The molecule has 7 heteroatoms. The molecule has 1 aliphatic heterocycles. The van der Waals surface area contributed by atoms with E-state index < -0.39 is 10.0 Å². The SMILES string of the molecule is CCCOC(=O)N1CCCC(CNS(C)(=O)=O)C1. The number of nitrogens with one attached hydrogen (secondary N) is 1. The zero-order chi connectivity index (χ0) is 13.6. The molecule has 1 rings (SSSR count). The lowest BCUT2D eigenvalue weighted by atomic mass is 9.99. The number of rotatable bonds is 5. The van der Waals surface area contributed by atoms with Crippen LogP contribution in [0, 0.1) is 5.92 Å². The van der Waals surface area contributed by atoms with Gasteiger partial charge in [-0.2, -0.15) is 0 Å². The fourth-order valence-electron chi connectivity index (χ4n) is 1.95. The zero-order valence-electron chi connectivity index (χ0n) is 11.0. The number of sulfonamides is 1. The lowest BCUT2D eigenvalue weighted by Gasteiger charge is -2.31. The van der Waals surface area contributed by atoms with Gasteiger partial charge in [0.15, 0.2) is 0 Å². The van der Waals surface area contributed by atoms with Gasteiger partial charge in [-0.25, -0.2) is 17.9 Å². The number of hydrogen-bond donors (Lipinski definition) is 1. The summed E-state index contributed by atoms with van der Waals surface area (Å²) in [6, 6.07) is 0. The Labute approximate surface area is 109 Å². The van der Waals surface area contributed by atoms with Gasteiger partial charge < -0.3 is 9.64 Å². The van der Waals surface area contributed by atoms with Gasteiger partial charge in [-0.05, 0) is 25.2 Å². The highest BCUT2D eigenvalue weighted by atomic mass is 32.2. The van der Waals surface area contributed by atoms with Gasteiger partial charge >= 0.3 is 6.09 Å². The Morgan fingerprint density at radius 1 is 1.50 bits per heavy atom. The van der Waals surface area contributed by atoms with E-state index in [2.05, 4.69) is 4.72 Å². The van der Waals surface area contributed by atoms with E-state index in [1.165, 1.54) is 0 Å². The second kappa shape index (κ2) is 6.94. The normalized spacial score (nSPS) is 20.8. The fraction of sp³-hybridized carbons (Fsp3) is 0.909. The summed E-state index contributed by atoms with van der Waals surface area (Å²) in [5, 5.41) is 0. The monoisotopic (exact) mass is 278 g/mol. The molecule has 0 aromatic rings. The van der Waals surface area contributed by atoms with E-state index in [9.17, 15) is 13.2 Å². The van der Waals surface area contributed by atoms with Crippen LogP contribution in [0.4, 0.5) is 4.79 Å². The number of ether oxygens (including phenoxy) is 1. The van der Waals surface area contributed by atoms with Gasteiger partial charge in [0.05, 0.1) is 12.9 Å². The second-order valence-corrected chi connectivity index (χ2v) is 6.52. The van der Waals surface area contributed by atoms with E-state index in [1.807, 2.05) is 6.92 Å².